The predicted molar refractivity (Wildman–Crippen MR) is 89.8 cm³/mol. The molecule has 21 heavy (non-hydrogen) atoms. The number of anilines is 1. The molecule has 0 bridgehead atoms. The summed E-state index contributed by atoms with van der Waals surface area (Å²) in [7, 11) is 3.34. The molecular weight excluding hydrogens is 282 g/mol. The van der Waals surface area contributed by atoms with Gasteiger partial charge in [-0.25, -0.2) is 0 Å². The van der Waals surface area contributed by atoms with Crippen LogP contribution in [-0.4, -0.2) is 20.5 Å². The Kier molecular flexibility index (Phi) is 5.39. The Hall–Kier alpha value is -1.81. The van der Waals surface area contributed by atoms with Crippen LogP contribution in [0.3, 0.4) is 0 Å². The van der Waals surface area contributed by atoms with Crippen molar-refractivity contribution in [1.29, 1.82) is 0 Å². The summed E-state index contributed by atoms with van der Waals surface area (Å²) >= 11 is 1.74. The number of ether oxygens (including phenoxy) is 2. The van der Waals surface area contributed by atoms with E-state index in [-0.39, 0.29) is 6.04 Å². The van der Waals surface area contributed by atoms with Gasteiger partial charge in [-0.2, -0.15) is 0 Å². The zero-order valence-electron chi connectivity index (χ0n) is 12.8. The highest BCUT2D eigenvalue weighted by Gasteiger charge is 2.12. The van der Waals surface area contributed by atoms with Crippen LogP contribution in [0.5, 0.6) is 11.5 Å². The van der Waals surface area contributed by atoms with Crippen LogP contribution in [0.4, 0.5) is 5.69 Å². The number of hydrogen-bond acceptors (Lipinski definition) is 4. The number of methoxy groups -OCH3 is 2. The normalized spacial score (nSPS) is 11.8. The minimum absolute atomic E-state index is 0.142. The quantitative estimate of drug-likeness (QED) is 0.790. The van der Waals surface area contributed by atoms with Crippen molar-refractivity contribution in [2.75, 3.05) is 25.8 Å². The molecule has 0 radical (unpaired) electrons. The Morgan fingerprint density at radius 1 is 1.05 bits per heavy atom. The summed E-state index contributed by atoms with van der Waals surface area (Å²) in [6.07, 6.45) is 2.08. The zero-order valence-corrected chi connectivity index (χ0v) is 13.7. The maximum absolute atomic E-state index is 5.47. The van der Waals surface area contributed by atoms with E-state index in [4.69, 9.17) is 9.47 Å². The first-order valence-corrected chi connectivity index (χ1v) is 8.03. The van der Waals surface area contributed by atoms with Crippen molar-refractivity contribution in [1.82, 2.24) is 0 Å². The summed E-state index contributed by atoms with van der Waals surface area (Å²) in [5, 5.41) is 3.51. The van der Waals surface area contributed by atoms with Crippen molar-refractivity contribution in [2.24, 2.45) is 0 Å². The average Bonchev–Trinajstić information content (AvgIpc) is 2.54. The lowest BCUT2D eigenvalue weighted by atomic mass is 10.1. The van der Waals surface area contributed by atoms with Gasteiger partial charge in [0.15, 0.2) is 0 Å². The molecule has 3 nitrogen and oxygen atoms in total. The highest BCUT2D eigenvalue weighted by atomic mass is 32.2. The van der Waals surface area contributed by atoms with Crippen molar-refractivity contribution in [2.45, 2.75) is 17.9 Å². The van der Waals surface area contributed by atoms with Gasteiger partial charge in [0, 0.05) is 22.2 Å². The molecule has 2 rings (SSSR count). The van der Waals surface area contributed by atoms with Gasteiger partial charge in [0.1, 0.15) is 11.5 Å². The van der Waals surface area contributed by atoms with Crippen LogP contribution in [0.15, 0.2) is 47.4 Å². The van der Waals surface area contributed by atoms with E-state index in [1.807, 2.05) is 18.2 Å². The molecule has 0 aliphatic carbocycles. The molecular formula is C17H21NO2S. The molecule has 4 heteroatoms. The molecule has 0 saturated carbocycles. The van der Waals surface area contributed by atoms with Crippen molar-refractivity contribution < 1.29 is 9.47 Å². The van der Waals surface area contributed by atoms with Crippen molar-refractivity contribution >= 4 is 17.4 Å². The fraction of sp³-hybridized carbons (Fsp3) is 0.294. The maximum atomic E-state index is 5.47. The summed E-state index contributed by atoms with van der Waals surface area (Å²) in [6, 6.07) is 14.4. The molecule has 112 valence electrons. The third-order valence-electron chi connectivity index (χ3n) is 3.36. The lowest BCUT2D eigenvalue weighted by Gasteiger charge is -2.19. The lowest BCUT2D eigenvalue weighted by molar-refractivity contribution is 0.390. The molecule has 0 amide bonds. The number of rotatable bonds is 6. The lowest BCUT2D eigenvalue weighted by Crippen LogP contribution is -2.08. The van der Waals surface area contributed by atoms with Crippen molar-refractivity contribution in [3.8, 4) is 11.5 Å². The monoisotopic (exact) mass is 303 g/mol. The first kappa shape index (κ1) is 15.6. The average molecular weight is 303 g/mol. The predicted octanol–water partition coefficient (Wildman–Crippen LogP) is 4.60. The fourth-order valence-electron chi connectivity index (χ4n) is 2.22. The first-order valence-electron chi connectivity index (χ1n) is 6.80. The summed E-state index contributed by atoms with van der Waals surface area (Å²) in [4.78, 5) is 1.24. The van der Waals surface area contributed by atoms with Gasteiger partial charge in [0.05, 0.1) is 20.3 Å². The third kappa shape index (κ3) is 3.85. The summed E-state index contributed by atoms with van der Waals surface area (Å²) in [6.45, 7) is 2.12. The van der Waals surface area contributed by atoms with Gasteiger partial charge in [-0.15, -0.1) is 11.8 Å². The second kappa shape index (κ2) is 7.27. The molecule has 0 aliphatic rings. The summed E-state index contributed by atoms with van der Waals surface area (Å²) in [5.74, 6) is 1.63. The van der Waals surface area contributed by atoms with Crippen LogP contribution >= 0.6 is 11.8 Å². The van der Waals surface area contributed by atoms with E-state index in [2.05, 4.69) is 42.8 Å². The van der Waals surface area contributed by atoms with Crippen LogP contribution < -0.4 is 14.8 Å². The zero-order chi connectivity index (χ0) is 15.2. The maximum Gasteiger partial charge on any atom is 0.127 e. The highest BCUT2D eigenvalue weighted by Crippen LogP contribution is 2.31. The van der Waals surface area contributed by atoms with E-state index in [1.165, 1.54) is 4.90 Å². The fourth-order valence-corrected chi connectivity index (χ4v) is 2.68. The number of thioether (sulfide) groups is 1. The standard InChI is InChI=1S/C17H21NO2S/c1-12(18-13-6-5-7-15(10-13)21-4)16-9-8-14(19-2)11-17(16)20-3/h5-12,18H,1-4H3. The second-order valence-electron chi connectivity index (χ2n) is 4.71. The van der Waals surface area contributed by atoms with Gasteiger partial charge in [-0.3, -0.25) is 0 Å². The smallest absolute Gasteiger partial charge is 0.127 e. The molecule has 1 atom stereocenters. The largest absolute Gasteiger partial charge is 0.497 e. The van der Waals surface area contributed by atoms with Crippen LogP contribution in [0, 0.1) is 0 Å². The molecule has 1 unspecified atom stereocenters. The van der Waals surface area contributed by atoms with E-state index in [1.54, 1.807) is 26.0 Å². The SMILES string of the molecule is COc1ccc(C(C)Nc2cccc(SC)c2)c(OC)c1. The van der Waals surface area contributed by atoms with Crippen LogP contribution in [0.25, 0.3) is 0 Å². The summed E-state index contributed by atoms with van der Waals surface area (Å²) < 4.78 is 10.7. The summed E-state index contributed by atoms with van der Waals surface area (Å²) in [5.41, 5.74) is 2.21. The Balaban J connectivity index is 2.21. The molecule has 0 spiro atoms. The van der Waals surface area contributed by atoms with Gasteiger partial charge in [0.25, 0.3) is 0 Å². The van der Waals surface area contributed by atoms with Crippen molar-refractivity contribution in [3.05, 3.63) is 48.0 Å². The Labute approximate surface area is 130 Å². The van der Waals surface area contributed by atoms with Gasteiger partial charge in [0.2, 0.25) is 0 Å². The minimum Gasteiger partial charge on any atom is -0.497 e. The van der Waals surface area contributed by atoms with Crippen LogP contribution in [0.2, 0.25) is 0 Å². The molecule has 2 aromatic carbocycles. The van der Waals surface area contributed by atoms with E-state index in [0.717, 1.165) is 22.7 Å². The van der Waals surface area contributed by atoms with Gasteiger partial charge >= 0.3 is 0 Å². The highest BCUT2D eigenvalue weighted by molar-refractivity contribution is 7.98. The van der Waals surface area contributed by atoms with Gasteiger partial charge in [-0.05, 0) is 43.5 Å². The van der Waals surface area contributed by atoms with E-state index >= 15 is 0 Å². The van der Waals surface area contributed by atoms with E-state index in [9.17, 15) is 0 Å². The third-order valence-corrected chi connectivity index (χ3v) is 4.09. The molecule has 0 aliphatic heterocycles. The number of hydrogen-bond donors (Lipinski definition) is 1. The van der Waals surface area contributed by atoms with E-state index in [0.29, 0.717) is 0 Å². The van der Waals surface area contributed by atoms with Gasteiger partial charge in [-0.1, -0.05) is 6.07 Å². The van der Waals surface area contributed by atoms with Gasteiger partial charge < -0.3 is 14.8 Å². The second-order valence-corrected chi connectivity index (χ2v) is 5.59. The van der Waals surface area contributed by atoms with Crippen molar-refractivity contribution in [3.63, 3.8) is 0 Å². The molecule has 0 saturated heterocycles. The Bertz CT molecular complexity index is 601. The molecule has 2 aromatic rings. The first-order chi connectivity index (χ1) is 10.2. The molecule has 0 aromatic heterocycles. The minimum atomic E-state index is 0.142. The Morgan fingerprint density at radius 2 is 1.86 bits per heavy atom. The van der Waals surface area contributed by atoms with Crippen LogP contribution in [0.1, 0.15) is 18.5 Å². The topological polar surface area (TPSA) is 30.5 Å². The van der Waals surface area contributed by atoms with E-state index < -0.39 is 0 Å². The molecule has 1 N–H and O–H groups in total. The number of benzene rings is 2. The molecule has 0 heterocycles. The Morgan fingerprint density at radius 3 is 2.52 bits per heavy atom. The molecule has 0 fully saturated rings. The number of nitrogens with one attached hydrogen (secondary N) is 1. The van der Waals surface area contributed by atoms with Crippen LogP contribution in [-0.2, 0) is 0 Å².